The zero-order chi connectivity index (χ0) is 23.5. The highest BCUT2D eigenvalue weighted by atomic mass is 16.5. The summed E-state index contributed by atoms with van der Waals surface area (Å²) in [5.74, 6) is 1.00. The number of unbranched alkanes of at least 4 members (excludes halogenated alkanes) is 2. The van der Waals surface area contributed by atoms with Crippen LogP contribution in [0.5, 0.6) is 11.5 Å². The number of fused-ring (bicyclic) bond motifs is 3. The van der Waals surface area contributed by atoms with E-state index in [0.717, 1.165) is 49.0 Å². The van der Waals surface area contributed by atoms with Gasteiger partial charge in [-0.25, -0.2) is 0 Å². The first-order chi connectivity index (χ1) is 16.1. The molecule has 0 fully saturated rings. The van der Waals surface area contributed by atoms with Crippen LogP contribution in [0.2, 0.25) is 0 Å². The third-order valence-corrected chi connectivity index (χ3v) is 5.60. The molecule has 0 aliphatic carbocycles. The molecular formula is C26H33NO6. The minimum Gasteiger partial charge on any atom is -0.497 e. The van der Waals surface area contributed by atoms with Crippen LogP contribution in [0.1, 0.15) is 49.7 Å². The Kier molecular flexibility index (Phi) is 9.57. The molecule has 178 valence electrons. The number of hydrogen-bond donors (Lipinski definition) is 1. The van der Waals surface area contributed by atoms with E-state index >= 15 is 0 Å². The van der Waals surface area contributed by atoms with E-state index in [1.165, 1.54) is 7.11 Å². The summed E-state index contributed by atoms with van der Waals surface area (Å²) in [5, 5.41) is 2.97. The van der Waals surface area contributed by atoms with Crippen LogP contribution in [-0.4, -0.2) is 38.8 Å². The molecule has 7 nitrogen and oxygen atoms in total. The van der Waals surface area contributed by atoms with Crippen molar-refractivity contribution in [3.63, 3.8) is 0 Å². The van der Waals surface area contributed by atoms with Gasteiger partial charge in [0.1, 0.15) is 24.2 Å². The molecule has 1 N–H and O–H groups in total. The van der Waals surface area contributed by atoms with Crippen molar-refractivity contribution in [2.45, 2.75) is 57.7 Å². The standard InChI is InChI=1S/C26H33NO6/c1-30-21-16-19-9-8-14-32-24(12-4-3-5-13-25(28)31-2)26(29)27-22-10-6-7-11-23(22)33-18-20(15-19)17-21/h6-7,10-11,15-17,24H,3-5,8-9,12-14,18H2,1-2H3,(H,27,29)/t24-/m1/s1. The molecule has 1 atom stereocenters. The van der Waals surface area contributed by atoms with Gasteiger partial charge in [0.25, 0.3) is 5.91 Å². The van der Waals surface area contributed by atoms with Gasteiger partial charge in [-0.05, 0) is 61.1 Å². The van der Waals surface area contributed by atoms with Crippen LogP contribution in [0.15, 0.2) is 42.5 Å². The molecule has 1 amide bonds. The average Bonchev–Trinajstić information content (AvgIpc) is 2.83. The average molecular weight is 456 g/mol. The number of carbonyl (C=O) groups is 2. The summed E-state index contributed by atoms with van der Waals surface area (Å²) in [4.78, 5) is 24.3. The first-order valence-corrected chi connectivity index (χ1v) is 11.5. The van der Waals surface area contributed by atoms with Crippen LogP contribution < -0.4 is 14.8 Å². The van der Waals surface area contributed by atoms with Crippen molar-refractivity contribution in [3.05, 3.63) is 53.6 Å². The van der Waals surface area contributed by atoms with Crippen LogP contribution in [0.3, 0.4) is 0 Å². The maximum Gasteiger partial charge on any atom is 0.305 e. The lowest BCUT2D eigenvalue weighted by Gasteiger charge is -2.20. The molecule has 0 radical (unpaired) electrons. The number of hydrogen-bond acceptors (Lipinski definition) is 6. The van der Waals surface area contributed by atoms with E-state index in [2.05, 4.69) is 16.1 Å². The summed E-state index contributed by atoms with van der Waals surface area (Å²) in [6.45, 7) is 0.849. The van der Waals surface area contributed by atoms with Crippen molar-refractivity contribution < 1.29 is 28.5 Å². The van der Waals surface area contributed by atoms with Crippen LogP contribution in [0, 0.1) is 0 Å². The van der Waals surface area contributed by atoms with Gasteiger partial charge >= 0.3 is 5.97 Å². The zero-order valence-electron chi connectivity index (χ0n) is 19.4. The van der Waals surface area contributed by atoms with Gasteiger partial charge in [-0.2, -0.15) is 0 Å². The number of methoxy groups -OCH3 is 2. The second kappa shape index (κ2) is 12.8. The van der Waals surface area contributed by atoms with E-state index in [0.29, 0.717) is 37.5 Å². The maximum atomic E-state index is 13.0. The predicted molar refractivity (Wildman–Crippen MR) is 126 cm³/mol. The number of para-hydroxylation sites is 2. The molecule has 1 aliphatic rings. The van der Waals surface area contributed by atoms with Crippen molar-refractivity contribution in [2.75, 3.05) is 26.1 Å². The van der Waals surface area contributed by atoms with E-state index < -0.39 is 6.10 Å². The summed E-state index contributed by atoms with van der Waals surface area (Å²) in [6, 6.07) is 13.5. The Morgan fingerprint density at radius 2 is 1.91 bits per heavy atom. The highest BCUT2D eigenvalue weighted by molar-refractivity contribution is 5.95. The second-order valence-corrected chi connectivity index (χ2v) is 8.10. The molecule has 0 saturated carbocycles. The smallest absolute Gasteiger partial charge is 0.305 e. The molecule has 0 unspecified atom stereocenters. The fourth-order valence-corrected chi connectivity index (χ4v) is 3.81. The summed E-state index contributed by atoms with van der Waals surface area (Å²) < 4.78 is 22.2. The van der Waals surface area contributed by atoms with Crippen molar-refractivity contribution in [2.24, 2.45) is 0 Å². The lowest BCUT2D eigenvalue weighted by atomic mass is 10.1. The predicted octanol–water partition coefficient (Wildman–Crippen LogP) is 4.67. The number of carbonyl (C=O) groups excluding carboxylic acids is 2. The van der Waals surface area contributed by atoms with Crippen molar-refractivity contribution in [3.8, 4) is 11.5 Å². The van der Waals surface area contributed by atoms with E-state index in [9.17, 15) is 9.59 Å². The molecule has 1 heterocycles. The van der Waals surface area contributed by atoms with Gasteiger partial charge < -0.3 is 24.3 Å². The number of esters is 1. The highest BCUT2D eigenvalue weighted by Crippen LogP contribution is 2.27. The SMILES string of the molecule is COC(=O)CCCCC[C@H]1OCCCc2cc(cc(OC)c2)COc2ccccc2NC1=O. The number of benzene rings is 2. The molecule has 2 aromatic rings. The number of ether oxygens (including phenoxy) is 4. The van der Waals surface area contributed by atoms with Crippen LogP contribution in [-0.2, 0) is 32.1 Å². The zero-order valence-corrected chi connectivity index (χ0v) is 19.4. The topological polar surface area (TPSA) is 83.1 Å². The van der Waals surface area contributed by atoms with Crippen molar-refractivity contribution >= 4 is 17.6 Å². The lowest BCUT2D eigenvalue weighted by molar-refractivity contribution is -0.140. The quantitative estimate of drug-likeness (QED) is 0.483. The van der Waals surface area contributed by atoms with Crippen LogP contribution >= 0.6 is 0 Å². The minimum atomic E-state index is -0.569. The molecule has 0 aromatic heterocycles. The Bertz CT molecular complexity index is 929. The summed E-state index contributed by atoms with van der Waals surface area (Å²) in [5.41, 5.74) is 2.76. The number of rotatable bonds is 7. The normalized spacial score (nSPS) is 16.5. The van der Waals surface area contributed by atoms with Gasteiger partial charge in [0.2, 0.25) is 0 Å². The third-order valence-electron chi connectivity index (χ3n) is 5.60. The molecule has 3 rings (SSSR count). The Labute approximate surface area is 195 Å². The molecular weight excluding hydrogens is 422 g/mol. The Morgan fingerprint density at radius 3 is 2.73 bits per heavy atom. The summed E-state index contributed by atoms with van der Waals surface area (Å²) >= 11 is 0. The van der Waals surface area contributed by atoms with E-state index in [1.54, 1.807) is 7.11 Å². The van der Waals surface area contributed by atoms with Crippen LogP contribution in [0.25, 0.3) is 0 Å². The van der Waals surface area contributed by atoms with E-state index in [-0.39, 0.29) is 11.9 Å². The molecule has 7 heteroatoms. The van der Waals surface area contributed by atoms with Gasteiger partial charge in [0.15, 0.2) is 0 Å². The van der Waals surface area contributed by atoms with E-state index in [4.69, 9.17) is 14.2 Å². The largest absolute Gasteiger partial charge is 0.497 e. The first kappa shape index (κ1) is 24.6. The molecule has 1 aliphatic heterocycles. The molecule has 2 aromatic carbocycles. The fraction of sp³-hybridized carbons (Fsp3) is 0.462. The first-order valence-electron chi connectivity index (χ1n) is 11.5. The maximum absolute atomic E-state index is 13.0. The Balaban J connectivity index is 1.71. The number of aryl methyl sites for hydroxylation is 1. The Hall–Kier alpha value is -3.06. The molecule has 0 spiro atoms. The minimum absolute atomic E-state index is 0.184. The van der Waals surface area contributed by atoms with Crippen LogP contribution in [0.4, 0.5) is 5.69 Å². The summed E-state index contributed by atoms with van der Waals surface area (Å²) in [7, 11) is 3.05. The Morgan fingerprint density at radius 1 is 1.09 bits per heavy atom. The number of nitrogens with one attached hydrogen (secondary N) is 1. The van der Waals surface area contributed by atoms with Gasteiger partial charge in [0, 0.05) is 13.0 Å². The lowest BCUT2D eigenvalue weighted by Crippen LogP contribution is -2.31. The van der Waals surface area contributed by atoms with Gasteiger partial charge in [-0.3, -0.25) is 9.59 Å². The number of anilines is 1. The molecule has 2 bridgehead atoms. The molecule has 0 saturated heterocycles. The van der Waals surface area contributed by atoms with Gasteiger partial charge in [-0.15, -0.1) is 0 Å². The van der Waals surface area contributed by atoms with Crippen molar-refractivity contribution in [1.82, 2.24) is 0 Å². The van der Waals surface area contributed by atoms with Crippen molar-refractivity contribution in [1.29, 1.82) is 0 Å². The second-order valence-electron chi connectivity index (χ2n) is 8.10. The monoisotopic (exact) mass is 455 g/mol. The fourth-order valence-electron chi connectivity index (χ4n) is 3.81. The summed E-state index contributed by atoms with van der Waals surface area (Å²) in [6.07, 6.45) is 4.35. The van der Waals surface area contributed by atoms with Gasteiger partial charge in [-0.1, -0.05) is 31.0 Å². The molecule has 33 heavy (non-hydrogen) atoms. The van der Waals surface area contributed by atoms with Gasteiger partial charge in [0.05, 0.1) is 19.9 Å². The highest BCUT2D eigenvalue weighted by Gasteiger charge is 2.21. The third kappa shape index (κ3) is 7.79. The van der Waals surface area contributed by atoms with E-state index in [1.807, 2.05) is 36.4 Å². The number of amides is 1.